The van der Waals surface area contributed by atoms with Crippen LogP contribution in [0.1, 0.15) is 76.3 Å². The summed E-state index contributed by atoms with van der Waals surface area (Å²) in [7, 11) is -1.52. The highest BCUT2D eigenvalue weighted by atomic mass is 32.2. The first kappa shape index (κ1) is 34.9. The Hall–Kier alpha value is -3.14. The molecule has 0 heterocycles. The van der Waals surface area contributed by atoms with E-state index in [-0.39, 0.29) is 29.9 Å². The van der Waals surface area contributed by atoms with Crippen LogP contribution in [0.2, 0.25) is 0 Å². The predicted molar refractivity (Wildman–Crippen MR) is 161 cm³/mol. The van der Waals surface area contributed by atoms with E-state index in [1.165, 1.54) is 0 Å². The lowest BCUT2D eigenvalue weighted by Crippen LogP contribution is -2.48. The van der Waals surface area contributed by atoms with E-state index >= 15 is 0 Å². The van der Waals surface area contributed by atoms with Gasteiger partial charge in [0.15, 0.2) is 0 Å². The Labute approximate surface area is 240 Å². The van der Waals surface area contributed by atoms with E-state index < -0.39 is 21.8 Å². The summed E-state index contributed by atoms with van der Waals surface area (Å²) >= 11 is 0. The molecule has 10 heteroatoms. The van der Waals surface area contributed by atoms with E-state index in [0.717, 1.165) is 68.1 Å². The first-order valence-electron chi connectivity index (χ1n) is 14.0. The van der Waals surface area contributed by atoms with Crippen LogP contribution in [0.25, 0.3) is 0 Å². The first-order valence-corrected chi connectivity index (χ1v) is 16.1. The third kappa shape index (κ3) is 13.3. The van der Waals surface area contributed by atoms with Crippen LogP contribution in [0.15, 0.2) is 48.2 Å². The Morgan fingerprint density at radius 2 is 1.80 bits per heavy atom. The molecule has 0 saturated heterocycles. The van der Waals surface area contributed by atoms with Gasteiger partial charge in [-0.05, 0) is 62.7 Å². The van der Waals surface area contributed by atoms with Gasteiger partial charge in [0.1, 0.15) is 15.9 Å². The van der Waals surface area contributed by atoms with E-state index in [1.54, 1.807) is 11.9 Å². The fourth-order valence-electron chi connectivity index (χ4n) is 4.50. The molecule has 0 bridgehead atoms. The molecule has 2 rings (SSSR count). The van der Waals surface area contributed by atoms with Gasteiger partial charge in [0.25, 0.3) is 0 Å². The van der Waals surface area contributed by atoms with E-state index in [0.29, 0.717) is 6.54 Å². The minimum absolute atomic E-state index is 0.0132. The second-order valence-electron chi connectivity index (χ2n) is 10.2. The van der Waals surface area contributed by atoms with Gasteiger partial charge in [0, 0.05) is 38.0 Å². The lowest BCUT2D eigenvalue weighted by atomic mass is 9.75. The van der Waals surface area contributed by atoms with Gasteiger partial charge in [0.05, 0.1) is 5.75 Å². The van der Waals surface area contributed by atoms with E-state index in [4.69, 9.17) is 5.73 Å². The summed E-state index contributed by atoms with van der Waals surface area (Å²) < 4.78 is 23.0. The van der Waals surface area contributed by atoms with Crippen LogP contribution in [-0.2, 0) is 30.8 Å². The Morgan fingerprint density at radius 1 is 1.15 bits per heavy atom. The number of nitrogens with zero attached hydrogens (tertiary/aromatic N) is 1. The number of hydrogen-bond donors (Lipinski definition) is 3. The fraction of sp³-hybridized carbons (Fsp3) is 0.567. The lowest BCUT2D eigenvalue weighted by Gasteiger charge is -2.32. The Bertz CT molecular complexity index is 1100. The van der Waals surface area contributed by atoms with Crippen molar-refractivity contribution in [1.29, 1.82) is 0 Å². The van der Waals surface area contributed by atoms with Gasteiger partial charge in [-0.25, -0.2) is 8.42 Å². The van der Waals surface area contributed by atoms with Crippen LogP contribution in [0.4, 0.5) is 0 Å². The maximum atomic E-state index is 13.1. The van der Waals surface area contributed by atoms with E-state index in [1.807, 2.05) is 19.9 Å². The molecule has 0 spiro atoms. The van der Waals surface area contributed by atoms with E-state index in [2.05, 4.69) is 54.0 Å². The predicted octanol–water partition coefficient (Wildman–Crippen LogP) is 3.42. The van der Waals surface area contributed by atoms with Gasteiger partial charge < -0.3 is 21.3 Å². The summed E-state index contributed by atoms with van der Waals surface area (Å²) in [6.07, 6.45) is 12.7. The average Bonchev–Trinajstić information content (AvgIpc) is 2.93. The van der Waals surface area contributed by atoms with Crippen molar-refractivity contribution in [2.45, 2.75) is 77.8 Å². The smallest absolute Gasteiger partial charge is 0.240 e. The van der Waals surface area contributed by atoms with Crippen LogP contribution >= 0.6 is 0 Å². The number of carbonyl (C=O) groups is 3. The molecule has 3 atom stereocenters. The highest BCUT2D eigenvalue weighted by Crippen LogP contribution is 2.38. The number of rotatable bonds is 14. The topological polar surface area (TPSA) is 139 Å². The molecule has 1 aliphatic carbocycles. The monoisotopic (exact) mass is 576 g/mol. The normalized spacial score (nSPS) is 18.3. The quantitative estimate of drug-likeness (QED) is 0.229. The first-order chi connectivity index (χ1) is 18.9. The molecule has 1 saturated carbocycles. The molecule has 1 fully saturated rings. The van der Waals surface area contributed by atoms with Gasteiger partial charge in [-0.1, -0.05) is 56.2 Å². The highest BCUT2D eigenvalue weighted by Gasteiger charge is 2.33. The molecule has 0 aromatic heterocycles. The van der Waals surface area contributed by atoms with Crippen LogP contribution in [-0.4, -0.2) is 63.2 Å². The fourth-order valence-corrected chi connectivity index (χ4v) is 5.16. The number of sulfone groups is 1. The maximum Gasteiger partial charge on any atom is 0.240 e. The molecule has 2 unspecified atom stereocenters. The third-order valence-electron chi connectivity index (χ3n) is 6.89. The minimum atomic E-state index is -3.26. The van der Waals surface area contributed by atoms with Crippen molar-refractivity contribution in [2.75, 3.05) is 25.6 Å². The molecular formula is C30H48N4O5S. The molecule has 224 valence electrons. The van der Waals surface area contributed by atoms with E-state index in [9.17, 15) is 22.8 Å². The molecule has 9 nitrogen and oxygen atoms in total. The Balaban J connectivity index is 0.00000120. The van der Waals surface area contributed by atoms with Gasteiger partial charge in [0.2, 0.25) is 18.2 Å². The van der Waals surface area contributed by atoms with Crippen molar-refractivity contribution in [2.24, 2.45) is 11.7 Å². The van der Waals surface area contributed by atoms with Crippen molar-refractivity contribution >= 4 is 28.1 Å². The number of primary amides is 1. The van der Waals surface area contributed by atoms with Gasteiger partial charge in [-0.15, -0.1) is 0 Å². The number of amides is 3. The SMILES string of the molecule is C/C=C\C(=C/CC)NCc1ccc(C2CCCC[C@H]2C(=O)NC(CCS(C)(=O)=O)C(N)=O)cc1.CCN(C)C=O. The van der Waals surface area contributed by atoms with Crippen molar-refractivity contribution in [1.82, 2.24) is 15.5 Å². The third-order valence-corrected chi connectivity index (χ3v) is 7.87. The van der Waals surface area contributed by atoms with Gasteiger partial charge >= 0.3 is 0 Å². The van der Waals surface area contributed by atoms with Crippen LogP contribution in [0, 0.1) is 5.92 Å². The highest BCUT2D eigenvalue weighted by molar-refractivity contribution is 7.90. The van der Waals surface area contributed by atoms with Crippen LogP contribution in [0.5, 0.6) is 0 Å². The largest absolute Gasteiger partial charge is 0.381 e. The second-order valence-corrected chi connectivity index (χ2v) is 12.5. The Morgan fingerprint density at radius 3 is 2.30 bits per heavy atom. The summed E-state index contributed by atoms with van der Waals surface area (Å²) in [6, 6.07) is 7.36. The zero-order chi connectivity index (χ0) is 30.1. The molecule has 1 aliphatic rings. The van der Waals surface area contributed by atoms with Crippen LogP contribution < -0.4 is 16.4 Å². The number of nitrogens with two attached hydrogens (primary N) is 1. The minimum Gasteiger partial charge on any atom is -0.381 e. The van der Waals surface area contributed by atoms with Crippen molar-refractivity contribution < 1.29 is 22.8 Å². The molecule has 1 aromatic carbocycles. The molecule has 1 aromatic rings. The number of allylic oxidation sites excluding steroid dienone is 3. The number of carbonyl (C=O) groups excluding carboxylic acids is 3. The summed E-state index contributed by atoms with van der Waals surface area (Å²) in [5.41, 5.74) is 8.79. The molecule has 4 N–H and O–H groups in total. The standard InChI is InChI=1S/C26H39N3O4S.C4H9NO/c1-4-8-21(9-5-2)28-18-19-12-14-20(15-13-19)22-10-6-7-11-23(22)26(31)29-24(25(27)30)16-17-34(3,32)33;1-3-5(2)4-6/h4,8-9,12-15,22-24,28H,5-7,10-11,16-18H2,1-3H3,(H2,27,30)(H,29,31);4H,3H2,1-2H3/b8-4-,21-9+;/t22?,23-,24?;/m1./s1. The summed E-state index contributed by atoms with van der Waals surface area (Å²) in [5.74, 6) is -1.36. The van der Waals surface area contributed by atoms with Crippen molar-refractivity contribution in [3.8, 4) is 0 Å². The van der Waals surface area contributed by atoms with Crippen molar-refractivity contribution in [3.63, 3.8) is 0 Å². The molecule has 0 radical (unpaired) electrons. The molecule has 40 heavy (non-hydrogen) atoms. The molecule has 0 aliphatic heterocycles. The lowest BCUT2D eigenvalue weighted by molar-refractivity contribution is -0.131. The number of benzene rings is 1. The average molecular weight is 577 g/mol. The summed E-state index contributed by atoms with van der Waals surface area (Å²) in [6.45, 7) is 7.53. The number of hydrogen-bond acceptors (Lipinski definition) is 6. The maximum absolute atomic E-state index is 13.1. The molecular weight excluding hydrogens is 528 g/mol. The van der Waals surface area contributed by atoms with Gasteiger partial charge in [-0.3, -0.25) is 14.4 Å². The summed E-state index contributed by atoms with van der Waals surface area (Å²) in [4.78, 5) is 36.1. The van der Waals surface area contributed by atoms with Crippen molar-refractivity contribution in [3.05, 3.63) is 59.3 Å². The van der Waals surface area contributed by atoms with Crippen LogP contribution in [0.3, 0.4) is 0 Å². The zero-order valence-electron chi connectivity index (χ0n) is 24.7. The summed E-state index contributed by atoms with van der Waals surface area (Å²) in [5, 5.41) is 6.17. The zero-order valence-corrected chi connectivity index (χ0v) is 25.5. The second kappa shape index (κ2) is 18.3. The molecule has 3 amide bonds. The Kier molecular flexibility index (Phi) is 15.9. The number of nitrogens with one attached hydrogen (secondary N) is 2. The van der Waals surface area contributed by atoms with Gasteiger partial charge in [-0.2, -0.15) is 0 Å².